The average molecular weight is 428 g/mol. The highest BCUT2D eigenvalue weighted by Gasteiger charge is 2.30. The lowest BCUT2D eigenvalue weighted by Gasteiger charge is -2.11. The highest BCUT2D eigenvalue weighted by Crippen LogP contribution is 2.29. The Labute approximate surface area is 176 Å². The molecule has 0 aliphatic carbocycles. The van der Waals surface area contributed by atoms with E-state index in [9.17, 15) is 22.8 Å². The Morgan fingerprint density at radius 2 is 1.61 bits per heavy atom. The molecule has 0 heterocycles. The molecule has 160 valence electrons. The van der Waals surface area contributed by atoms with Crippen LogP contribution < -0.4 is 15.8 Å². The van der Waals surface area contributed by atoms with E-state index in [-0.39, 0.29) is 18.7 Å². The largest absolute Gasteiger partial charge is 0.488 e. The average Bonchev–Trinajstić information content (AvgIpc) is 2.76. The Bertz CT molecular complexity index is 1100. The summed E-state index contributed by atoms with van der Waals surface area (Å²) in [5.41, 5.74) is 6.15. The number of primary amides is 1. The van der Waals surface area contributed by atoms with Crippen molar-refractivity contribution in [3.63, 3.8) is 0 Å². The second kappa shape index (κ2) is 9.34. The Morgan fingerprint density at radius 3 is 2.35 bits per heavy atom. The van der Waals surface area contributed by atoms with Gasteiger partial charge in [0.25, 0.3) is 11.8 Å². The number of para-hydroxylation sites is 1. The number of ether oxygens (including phenoxy) is 1. The number of carbonyl (C=O) groups excluding carboxylic acids is 2. The first kappa shape index (κ1) is 21.9. The maximum atomic E-state index is 12.8. The third kappa shape index (κ3) is 5.85. The van der Waals surface area contributed by atoms with Gasteiger partial charge in [-0.3, -0.25) is 9.59 Å². The molecule has 0 bridgehead atoms. The van der Waals surface area contributed by atoms with Gasteiger partial charge in [0.2, 0.25) is 0 Å². The van der Waals surface area contributed by atoms with Crippen molar-refractivity contribution in [2.24, 2.45) is 5.73 Å². The van der Waals surface area contributed by atoms with Gasteiger partial charge in [0, 0.05) is 12.1 Å². The Morgan fingerprint density at radius 1 is 0.903 bits per heavy atom. The van der Waals surface area contributed by atoms with Crippen LogP contribution in [0.2, 0.25) is 0 Å². The van der Waals surface area contributed by atoms with Gasteiger partial charge in [-0.15, -0.1) is 0 Å². The smallest absolute Gasteiger partial charge is 0.416 e. The Hall–Kier alpha value is -3.81. The van der Waals surface area contributed by atoms with E-state index in [0.29, 0.717) is 22.4 Å². The van der Waals surface area contributed by atoms with Crippen molar-refractivity contribution in [1.29, 1.82) is 0 Å². The first-order valence-electron chi connectivity index (χ1n) is 9.29. The molecule has 0 saturated carbocycles. The maximum absolute atomic E-state index is 12.8. The molecule has 0 atom stereocenters. The van der Waals surface area contributed by atoms with Crippen LogP contribution in [0.1, 0.15) is 37.4 Å². The van der Waals surface area contributed by atoms with E-state index in [1.165, 1.54) is 12.1 Å². The zero-order valence-electron chi connectivity index (χ0n) is 16.3. The second-order valence-corrected chi connectivity index (χ2v) is 6.73. The van der Waals surface area contributed by atoms with E-state index >= 15 is 0 Å². The molecule has 3 N–H and O–H groups in total. The molecule has 0 aliphatic heterocycles. The first-order valence-corrected chi connectivity index (χ1v) is 9.29. The van der Waals surface area contributed by atoms with Crippen molar-refractivity contribution in [3.8, 4) is 5.75 Å². The minimum absolute atomic E-state index is 0.0462. The van der Waals surface area contributed by atoms with Crippen LogP contribution in [0, 0.1) is 0 Å². The zero-order valence-corrected chi connectivity index (χ0v) is 16.3. The lowest BCUT2D eigenvalue weighted by atomic mass is 10.1. The predicted octanol–water partition coefficient (Wildman–Crippen LogP) is 4.31. The molecule has 0 unspecified atom stereocenters. The number of alkyl halides is 3. The van der Waals surface area contributed by atoms with Gasteiger partial charge < -0.3 is 15.8 Å². The SMILES string of the molecule is NC(=O)c1ccccc1OCc1cccc(C(=O)NCc2cccc(C(F)(F)F)c2)c1. The number of carbonyl (C=O) groups is 2. The number of nitrogens with two attached hydrogens (primary N) is 1. The van der Waals surface area contributed by atoms with Gasteiger partial charge in [-0.25, -0.2) is 0 Å². The van der Waals surface area contributed by atoms with E-state index in [2.05, 4.69) is 5.32 Å². The molecule has 0 saturated heterocycles. The number of rotatable bonds is 7. The summed E-state index contributed by atoms with van der Waals surface area (Å²) in [4.78, 5) is 23.9. The molecule has 31 heavy (non-hydrogen) atoms. The third-order valence-electron chi connectivity index (χ3n) is 4.44. The number of hydrogen-bond acceptors (Lipinski definition) is 3. The fourth-order valence-corrected chi connectivity index (χ4v) is 2.90. The summed E-state index contributed by atoms with van der Waals surface area (Å²) in [6.07, 6.45) is -4.44. The van der Waals surface area contributed by atoms with Crippen LogP contribution in [0.15, 0.2) is 72.8 Å². The Balaban J connectivity index is 1.64. The molecular formula is C23H19F3N2O3. The number of benzene rings is 3. The highest BCUT2D eigenvalue weighted by atomic mass is 19.4. The molecule has 0 fully saturated rings. The van der Waals surface area contributed by atoms with E-state index in [0.717, 1.165) is 12.1 Å². The summed E-state index contributed by atoms with van der Waals surface area (Å²) in [6.45, 7) is 0.0501. The van der Waals surface area contributed by atoms with Crippen molar-refractivity contribution < 1.29 is 27.5 Å². The van der Waals surface area contributed by atoms with Crippen LogP contribution in [0.4, 0.5) is 13.2 Å². The topological polar surface area (TPSA) is 81.4 Å². The van der Waals surface area contributed by atoms with Gasteiger partial charge in [0.15, 0.2) is 0 Å². The van der Waals surface area contributed by atoms with E-state index < -0.39 is 23.6 Å². The molecule has 0 aromatic heterocycles. The predicted molar refractivity (Wildman–Crippen MR) is 108 cm³/mol. The van der Waals surface area contributed by atoms with Crippen LogP contribution in [-0.4, -0.2) is 11.8 Å². The van der Waals surface area contributed by atoms with Crippen LogP contribution in [-0.2, 0) is 19.3 Å². The molecular weight excluding hydrogens is 409 g/mol. The second-order valence-electron chi connectivity index (χ2n) is 6.73. The van der Waals surface area contributed by atoms with Crippen LogP contribution in [0.25, 0.3) is 0 Å². The first-order chi connectivity index (χ1) is 14.7. The van der Waals surface area contributed by atoms with E-state index in [1.807, 2.05) is 0 Å². The summed E-state index contributed by atoms with van der Waals surface area (Å²) in [7, 11) is 0. The van der Waals surface area contributed by atoms with Crippen molar-refractivity contribution in [2.75, 3.05) is 0 Å². The normalized spacial score (nSPS) is 11.1. The monoisotopic (exact) mass is 428 g/mol. The molecule has 8 heteroatoms. The zero-order chi connectivity index (χ0) is 22.4. The van der Waals surface area contributed by atoms with Crippen LogP contribution >= 0.6 is 0 Å². The molecule has 3 aromatic rings. The molecule has 3 rings (SSSR count). The van der Waals surface area contributed by atoms with Crippen LogP contribution in [0.3, 0.4) is 0 Å². The van der Waals surface area contributed by atoms with Crippen LogP contribution in [0.5, 0.6) is 5.75 Å². The number of hydrogen-bond donors (Lipinski definition) is 2. The minimum atomic E-state index is -4.44. The van der Waals surface area contributed by atoms with Gasteiger partial charge >= 0.3 is 6.18 Å². The quantitative estimate of drug-likeness (QED) is 0.588. The lowest BCUT2D eigenvalue weighted by Crippen LogP contribution is -2.23. The van der Waals surface area contributed by atoms with Gasteiger partial charge in [0.1, 0.15) is 12.4 Å². The lowest BCUT2D eigenvalue weighted by molar-refractivity contribution is -0.137. The third-order valence-corrected chi connectivity index (χ3v) is 4.44. The number of amides is 2. The number of halogens is 3. The molecule has 5 nitrogen and oxygen atoms in total. The van der Waals surface area contributed by atoms with Gasteiger partial charge in [0.05, 0.1) is 11.1 Å². The summed E-state index contributed by atoms with van der Waals surface area (Å²) in [5.74, 6) is -0.718. The van der Waals surface area contributed by atoms with Gasteiger partial charge in [-0.2, -0.15) is 13.2 Å². The minimum Gasteiger partial charge on any atom is -0.488 e. The van der Waals surface area contributed by atoms with Crippen molar-refractivity contribution in [1.82, 2.24) is 5.32 Å². The maximum Gasteiger partial charge on any atom is 0.416 e. The van der Waals surface area contributed by atoms with Crippen molar-refractivity contribution >= 4 is 11.8 Å². The van der Waals surface area contributed by atoms with Crippen molar-refractivity contribution in [3.05, 3.63) is 101 Å². The van der Waals surface area contributed by atoms with E-state index in [1.54, 1.807) is 48.5 Å². The number of nitrogens with one attached hydrogen (secondary N) is 1. The highest BCUT2D eigenvalue weighted by molar-refractivity contribution is 5.95. The molecule has 2 amide bonds. The summed E-state index contributed by atoms with van der Waals surface area (Å²) in [5, 5.41) is 2.61. The standard InChI is InChI=1S/C23H19F3N2O3/c24-23(25,26)18-8-4-5-15(12-18)13-28-22(30)17-7-3-6-16(11-17)14-31-20-10-2-1-9-19(20)21(27)29/h1-12H,13-14H2,(H2,27,29)(H,28,30). The summed E-state index contributed by atoms with van der Waals surface area (Å²) >= 11 is 0. The van der Waals surface area contributed by atoms with E-state index in [4.69, 9.17) is 10.5 Å². The molecule has 0 spiro atoms. The fourth-order valence-electron chi connectivity index (χ4n) is 2.90. The summed E-state index contributed by atoms with van der Waals surface area (Å²) < 4.78 is 44.1. The molecule has 0 aliphatic rings. The molecule has 3 aromatic carbocycles. The molecule has 0 radical (unpaired) electrons. The van der Waals surface area contributed by atoms with Gasteiger partial charge in [-0.05, 0) is 47.5 Å². The van der Waals surface area contributed by atoms with Crippen molar-refractivity contribution in [2.45, 2.75) is 19.3 Å². The Kier molecular flexibility index (Phi) is 6.59. The summed E-state index contributed by atoms with van der Waals surface area (Å²) in [6, 6.07) is 17.9. The van der Waals surface area contributed by atoms with Gasteiger partial charge in [-0.1, -0.05) is 36.4 Å². The fraction of sp³-hybridized carbons (Fsp3) is 0.130.